The molecule has 1 heterocycles. The van der Waals surface area contributed by atoms with Crippen LogP contribution in [0.4, 0.5) is 0 Å². The Labute approximate surface area is 325 Å². The molecule has 0 spiro atoms. The summed E-state index contributed by atoms with van der Waals surface area (Å²) in [5.41, 5.74) is 0. The molecule has 9 heteroatoms. The van der Waals surface area contributed by atoms with E-state index in [1.165, 1.54) is 148 Å². The van der Waals surface area contributed by atoms with E-state index in [1.54, 1.807) is 6.08 Å². The maximum atomic E-state index is 12.9. The van der Waals surface area contributed by atoms with Crippen LogP contribution in [-0.2, 0) is 14.3 Å². The molecule has 0 aliphatic carbocycles. The first-order valence-corrected chi connectivity index (χ1v) is 22.4. The lowest BCUT2D eigenvalue weighted by Crippen LogP contribution is -2.60. The van der Waals surface area contributed by atoms with Crippen LogP contribution < -0.4 is 5.32 Å². The molecule has 7 atom stereocenters. The van der Waals surface area contributed by atoms with Gasteiger partial charge in [0.1, 0.15) is 24.4 Å². The summed E-state index contributed by atoms with van der Waals surface area (Å²) >= 11 is 0. The second-order valence-corrected chi connectivity index (χ2v) is 15.9. The molecule has 1 rings (SSSR count). The van der Waals surface area contributed by atoms with Gasteiger partial charge in [-0.15, -0.1) is 0 Å². The summed E-state index contributed by atoms with van der Waals surface area (Å²) in [6.07, 6.45) is 32.5. The average molecular weight is 756 g/mol. The van der Waals surface area contributed by atoms with Crippen molar-refractivity contribution in [2.75, 3.05) is 13.2 Å². The molecule has 0 saturated carbocycles. The van der Waals surface area contributed by atoms with Gasteiger partial charge in [-0.25, -0.2) is 0 Å². The molecule has 1 amide bonds. The summed E-state index contributed by atoms with van der Waals surface area (Å²) in [6.45, 7) is 3.78. The number of nitrogens with one attached hydrogen (secondary N) is 1. The zero-order valence-electron chi connectivity index (χ0n) is 34.3. The molecule has 1 aliphatic heterocycles. The number of amides is 1. The second kappa shape index (κ2) is 35.4. The Morgan fingerprint density at radius 2 is 1.04 bits per heavy atom. The van der Waals surface area contributed by atoms with Gasteiger partial charge in [0, 0.05) is 6.42 Å². The van der Waals surface area contributed by atoms with Crippen LogP contribution >= 0.6 is 0 Å². The molecule has 9 nitrogen and oxygen atoms in total. The first-order valence-electron chi connectivity index (χ1n) is 22.4. The minimum absolute atomic E-state index is 0.175. The van der Waals surface area contributed by atoms with E-state index in [4.69, 9.17) is 9.47 Å². The van der Waals surface area contributed by atoms with Gasteiger partial charge < -0.3 is 40.3 Å². The van der Waals surface area contributed by atoms with Gasteiger partial charge in [-0.2, -0.15) is 0 Å². The van der Waals surface area contributed by atoms with Gasteiger partial charge in [-0.05, 0) is 19.3 Å². The van der Waals surface area contributed by atoms with Gasteiger partial charge in [-0.1, -0.05) is 193 Å². The van der Waals surface area contributed by atoms with Crippen LogP contribution in [0.1, 0.15) is 206 Å². The van der Waals surface area contributed by atoms with E-state index in [0.29, 0.717) is 6.42 Å². The number of unbranched alkanes of at least 4 members (excludes halogenated alkanes) is 27. The van der Waals surface area contributed by atoms with Crippen molar-refractivity contribution in [2.24, 2.45) is 0 Å². The van der Waals surface area contributed by atoms with Crippen molar-refractivity contribution < 1.29 is 39.8 Å². The van der Waals surface area contributed by atoms with E-state index in [0.717, 1.165) is 38.5 Å². The molecule has 1 saturated heterocycles. The number of hydrogen-bond donors (Lipinski definition) is 6. The van der Waals surface area contributed by atoms with E-state index in [-0.39, 0.29) is 12.5 Å². The van der Waals surface area contributed by atoms with Crippen molar-refractivity contribution in [2.45, 2.75) is 249 Å². The molecule has 53 heavy (non-hydrogen) atoms. The molecular weight excluding hydrogens is 670 g/mol. The van der Waals surface area contributed by atoms with Gasteiger partial charge in [-0.3, -0.25) is 4.79 Å². The summed E-state index contributed by atoms with van der Waals surface area (Å²) in [5.74, 6) is -0.175. The Bertz CT molecular complexity index is 842. The minimum atomic E-state index is -1.56. The third-order valence-corrected chi connectivity index (χ3v) is 10.9. The number of carbonyl (C=O) groups is 1. The summed E-state index contributed by atoms with van der Waals surface area (Å²) in [4.78, 5) is 12.9. The smallest absolute Gasteiger partial charge is 0.220 e. The number of allylic oxidation sites excluding steroid dienone is 1. The molecule has 1 fully saturated rings. The number of hydrogen-bond acceptors (Lipinski definition) is 8. The van der Waals surface area contributed by atoms with E-state index < -0.39 is 49.5 Å². The SMILES string of the molecule is CCCCCCCCCCCCCCC/C=C/[C@@H](O)[C@H](CO[C@@H]1O[C@H](CO)[C@@H](O)C(O)C1O)NC(=O)CCCCCCCCCCCCCCCCC. The predicted molar refractivity (Wildman–Crippen MR) is 217 cm³/mol. The van der Waals surface area contributed by atoms with Crippen LogP contribution in [-0.4, -0.2) is 87.5 Å². The lowest BCUT2D eigenvalue weighted by molar-refractivity contribution is -0.302. The molecule has 2 unspecified atom stereocenters. The minimum Gasteiger partial charge on any atom is -0.394 e. The van der Waals surface area contributed by atoms with Crippen LogP contribution in [0, 0.1) is 0 Å². The fourth-order valence-corrected chi connectivity index (χ4v) is 7.21. The average Bonchev–Trinajstić information content (AvgIpc) is 3.16. The van der Waals surface area contributed by atoms with Gasteiger partial charge in [0.15, 0.2) is 6.29 Å². The van der Waals surface area contributed by atoms with Gasteiger partial charge >= 0.3 is 0 Å². The number of carbonyl (C=O) groups excluding carboxylic acids is 1. The standard InChI is InChI=1S/C44H85NO8/c1-3-5-7-9-11-13-15-17-19-21-23-25-27-29-31-33-38(47)37(36-52-44-43(51)42(50)41(49)39(35-46)53-44)45-40(48)34-32-30-28-26-24-22-20-18-16-14-12-10-8-6-4-2/h31,33,37-39,41-44,46-47,49-51H,3-30,32,34-36H2,1-2H3,(H,45,48)/b33-31+/t37-,38+,39+,41+,42?,43?,44+/m0/s1. The fourth-order valence-electron chi connectivity index (χ4n) is 7.21. The summed E-state index contributed by atoms with van der Waals surface area (Å²) < 4.78 is 11.2. The van der Waals surface area contributed by atoms with Crippen molar-refractivity contribution in [3.05, 3.63) is 12.2 Å². The monoisotopic (exact) mass is 756 g/mol. The Hall–Kier alpha value is -1.07. The maximum Gasteiger partial charge on any atom is 0.220 e. The van der Waals surface area contributed by atoms with Gasteiger partial charge in [0.2, 0.25) is 5.91 Å². The molecule has 0 bridgehead atoms. The second-order valence-electron chi connectivity index (χ2n) is 15.9. The molecule has 0 aromatic heterocycles. The van der Waals surface area contributed by atoms with Crippen molar-refractivity contribution in [1.29, 1.82) is 0 Å². The van der Waals surface area contributed by atoms with E-state index in [2.05, 4.69) is 19.2 Å². The van der Waals surface area contributed by atoms with Gasteiger partial charge in [0.25, 0.3) is 0 Å². The van der Waals surface area contributed by atoms with Crippen LogP contribution in [0.5, 0.6) is 0 Å². The molecule has 1 aliphatic rings. The molecule has 314 valence electrons. The van der Waals surface area contributed by atoms with E-state index in [9.17, 15) is 30.3 Å². The number of rotatable bonds is 37. The number of aliphatic hydroxyl groups excluding tert-OH is 5. The molecule has 0 aromatic rings. The number of ether oxygens (including phenoxy) is 2. The maximum absolute atomic E-state index is 12.9. The lowest BCUT2D eigenvalue weighted by atomic mass is 9.99. The Balaban J connectivity index is 2.37. The predicted octanol–water partition coefficient (Wildman–Crippen LogP) is 8.95. The summed E-state index contributed by atoms with van der Waals surface area (Å²) in [7, 11) is 0. The number of aliphatic hydroxyl groups is 5. The van der Waals surface area contributed by atoms with Crippen molar-refractivity contribution in [3.8, 4) is 0 Å². The lowest BCUT2D eigenvalue weighted by Gasteiger charge is -2.40. The third kappa shape index (κ3) is 26.4. The molecular formula is C44H85NO8. The Morgan fingerprint density at radius 1 is 0.623 bits per heavy atom. The highest BCUT2D eigenvalue weighted by atomic mass is 16.7. The zero-order valence-corrected chi connectivity index (χ0v) is 34.3. The topological polar surface area (TPSA) is 149 Å². The van der Waals surface area contributed by atoms with Gasteiger partial charge in [0.05, 0.1) is 25.4 Å². The summed E-state index contributed by atoms with van der Waals surface area (Å²) in [6, 6.07) is -0.797. The highest BCUT2D eigenvalue weighted by Gasteiger charge is 2.44. The van der Waals surface area contributed by atoms with Crippen molar-refractivity contribution in [1.82, 2.24) is 5.32 Å². The summed E-state index contributed by atoms with van der Waals surface area (Å²) in [5, 5.41) is 54.1. The molecule has 0 aromatic carbocycles. The van der Waals surface area contributed by atoms with Crippen molar-refractivity contribution >= 4 is 5.91 Å². The van der Waals surface area contributed by atoms with Crippen LogP contribution in [0.25, 0.3) is 0 Å². The first kappa shape index (κ1) is 49.9. The zero-order chi connectivity index (χ0) is 38.8. The first-order chi connectivity index (χ1) is 25.8. The van der Waals surface area contributed by atoms with E-state index >= 15 is 0 Å². The van der Waals surface area contributed by atoms with Crippen LogP contribution in [0.3, 0.4) is 0 Å². The highest BCUT2D eigenvalue weighted by Crippen LogP contribution is 2.23. The fraction of sp³-hybridized carbons (Fsp3) is 0.932. The molecule has 0 radical (unpaired) electrons. The Kier molecular flexibility index (Phi) is 33.3. The quantitative estimate of drug-likeness (QED) is 0.0272. The van der Waals surface area contributed by atoms with Crippen molar-refractivity contribution in [3.63, 3.8) is 0 Å². The van der Waals surface area contributed by atoms with E-state index in [1.807, 2.05) is 6.08 Å². The van der Waals surface area contributed by atoms with Crippen LogP contribution in [0.2, 0.25) is 0 Å². The largest absolute Gasteiger partial charge is 0.394 e. The normalized spacial score (nSPS) is 21.7. The highest BCUT2D eigenvalue weighted by molar-refractivity contribution is 5.76. The Morgan fingerprint density at radius 3 is 1.47 bits per heavy atom. The van der Waals surface area contributed by atoms with Crippen LogP contribution in [0.15, 0.2) is 12.2 Å². The molecule has 6 N–H and O–H groups in total. The third-order valence-electron chi connectivity index (χ3n) is 10.9.